The highest BCUT2D eigenvalue weighted by atomic mass is 16.5. The molecule has 20 heavy (non-hydrogen) atoms. The highest BCUT2D eigenvalue weighted by molar-refractivity contribution is 6.00. The van der Waals surface area contributed by atoms with Crippen molar-refractivity contribution in [2.75, 3.05) is 31.2 Å². The van der Waals surface area contributed by atoms with E-state index in [0.717, 1.165) is 32.0 Å². The lowest BCUT2D eigenvalue weighted by Crippen LogP contribution is -2.42. The SMILES string of the molecule is CC(C)(C)C(N)C(=O)c1ccc(N2CCOCC2)cc1. The van der Waals surface area contributed by atoms with Crippen molar-refractivity contribution in [3.05, 3.63) is 29.8 Å². The predicted molar refractivity (Wildman–Crippen MR) is 81.2 cm³/mol. The standard InChI is InChI=1S/C16H24N2O2/c1-16(2,3)15(17)14(19)12-4-6-13(7-5-12)18-8-10-20-11-9-18/h4-7,15H,8-11,17H2,1-3H3. The quantitative estimate of drug-likeness (QED) is 0.859. The minimum absolute atomic E-state index is 0.00558. The fraction of sp³-hybridized carbons (Fsp3) is 0.562. The molecule has 1 atom stereocenters. The fourth-order valence-corrected chi connectivity index (χ4v) is 2.23. The number of carbonyl (C=O) groups excluding carboxylic acids is 1. The maximum Gasteiger partial charge on any atom is 0.180 e. The van der Waals surface area contributed by atoms with Crippen LogP contribution < -0.4 is 10.6 Å². The van der Waals surface area contributed by atoms with Crippen molar-refractivity contribution < 1.29 is 9.53 Å². The van der Waals surface area contributed by atoms with E-state index >= 15 is 0 Å². The maximum absolute atomic E-state index is 12.3. The van der Waals surface area contributed by atoms with E-state index in [1.165, 1.54) is 0 Å². The van der Waals surface area contributed by atoms with E-state index in [1.54, 1.807) is 0 Å². The Kier molecular flexibility index (Phi) is 4.45. The van der Waals surface area contributed by atoms with E-state index in [1.807, 2.05) is 45.0 Å². The molecule has 2 N–H and O–H groups in total. The molecule has 0 amide bonds. The molecule has 1 aromatic rings. The summed E-state index contributed by atoms with van der Waals surface area (Å²) in [7, 11) is 0. The summed E-state index contributed by atoms with van der Waals surface area (Å²) in [4.78, 5) is 14.6. The van der Waals surface area contributed by atoms with Crippen LogP contribution in [0.2, 0.25) is 0 Å². The Morgan fingerprint density at radius 2 is 1.75 bits per heavy atom. The van der Waals surface area contributed by atoms with E-state index in [4.69, 9.17) is 10.5 Å². The van der Waals surface area contributed by atoms with Gasteiger partial charge in [-0.2, -0.15) is 0 Å². The summed E-state index contributed by atoms with van der Waals surface area (Å²) in [5, 5.41) is 0. The molecule has 1 aromatic carbocycles. The Hall–Kier alpha value is -1.39. The van der Waals surface area contributed by atoms with Crippen molar-refractivity contribution in [1.29, 1.82) is 0 Å². The molecule has 0 aromatic heterocycles. The second-order valence-corrected chi connectivity index (χ2v) is 6.35. The lowest BCUT2D eigenvalue weighted by molar-refractivity contribution is 0.0901. The lowest BCUT2D eigenvalue weighted by atomic mass is 9.83. The van der Waals surface area contributed by atoms with E-state index in [0.29, 0.717) is 5.56 Å². The number of ether oxygens (including phenoxy) is 1. The fourth-order valence-electron chi connectivity index (χ4n) is 2.23. The third-order valence-corrected chi connectivity index (χ3v) is 3.74. The first-order chi connectivity index (χ1) is 9.39. The smallest absolute Gasteiger partial charge is 0.180 e. The first kappa shape index (κ1) is 15.0. The highest BCUT2D eigenvalue weighted by Crippen LogP contribution is 2.22. The molecule has 0 bridgehead atoms. The minimum Gasteiger partial charge on any atom is -0.378 e. The predicted octanol–water partition coefficient (Wildman–Crippen LogP) is 2.08. The largest absolute Gasteiger partial charge is 0.378 e. The molecular formula is C16H24N2O2. The molecule has 1 heterocycles. The van der Waals surface area contributed by atoms with Crippen molar-refractivity contribution in [2.24, 2.45) is 11.1 Å². The topological polar surface area (TPSA) is 55.6 Å². The van der Waals surface area contributed by atoms with Gasteiger partial charge < -0.3 is 15.4 Å². The monoisotopic (exact) mass is 276 g/mol. The van der Waals surface area contributed by atoms with Crippen molar-refractivity contribution >= 4 is 11.5 Å². The van der Waals surface area contributed by atoms with Gasteiger partial charge in [0.2, 0.25) is 0 Å². The van der Waals surface area contributed by atoms with Crippen LogP contribution in [-0.2, 0) is 4.74 Å². The Bertz CT molecular complexity index is 456. The van der Waals surface area contributed by atoms with Crippen LogP contribution in [0.4, 0.5) is 5.69 Å². The Labute approximate surface area is 120 Å². The third-order valence-electron chi connectivity index (χ3n) is 3.74. The van der Waals surface area contributed by atoms with Crippen LogP contribution in [0.25, 0.3) is 0 Å². The lowest BCUT2D eigenvalue weighted by Gasteiger charge is -2.29. The number of hydrogen-bond donors (Lipinski definition) is 1. The summed E-state index contributed by atoms with van der Waals surface area (Å²) >= 11 is 0. The van der Waals surface area contributed by atoms with E-state index in [9.17, 15) is 4.79 Å². The van der Waals surface area contributed by atoms with Gasteiger partial charge >= 0.3 is 0 Å². The molecule has 4 nitrogen and oxygen atoms in total. The van der Waals surface area contributed by atoms with Gasteiger partial charge in [-0.25, -0.2) is 0 Å². The van der Waals surface area contributed by atoms with Crippen LogP contribution in [0, 0.1) is 5.41 Å². The summed E-state index contributed by atoms with van der Waals surface area (Å²) in [5.74, 6) is 0.00558. The van der Waals surface area contributed by atoms with Crippen molar-refractivity contribution in [1.82, 2.24) is 0 Å². The average molecular weight is 276 g/mol. The Morgan fingerprint density at radius 3 is 2.25 bits per heavy atom. The molecule has 1 unspecified atom stereocenters. The number of ketones is 1. The number of rotatable bonds is 3. The molecule has 0 saturated carbocycles. The number of hydrogen-bond acceptors (Lipinski definition) is 4. The summed E-state index contributed by atoms with van der Waals surface area (Å²) in [5.41, 5.74) is 7.63. The molecule has 110 valence electrons. The average Bonchev–Trinajstić information content (AvgIpc) is 2.46. The normalized spacial score (nSPS) is 17.9. The minimum atomic E-state index is -0.475. The number of morpholine rings is 1. The van der Waals surface area contributed by atoms with Gasteiger partial charge in [0.05, 0.1) is 19.3 Å². The van der Waals surface area contributed by atoms with Gasteiger partial charge in [-0.15, -0.1) is 0 Å². The van der Waals surface area contributed by atoms with Crippen LogP contribution >= 0.6 is 0 Å². The number of Topliss-reactive ketones (excluding diaryl/α,β-unsaturated/α-hetero) is 1. The van der Waals surface area contributed by atoms with E-state index in [-0.39, 0.29) is 11.2 Å². The van der Waals surface area contributed by atoms with Gasteiger partial charge in [-0.05, 0) is 29.7 Å². The molecule has 1 saturated heterocycles. The molecule has 1 fully saturated rings. The zero-order chi connectivity index (χ0) is 14.8. The molecule has 1 aliphatic heterocycles. The molecule has 1 aliphatic rings. The maximum atomic E-state index is 12.3. The van der Waals surface area contributed by atoms with Crippen LogP contribution in [-0.4, -0.2) is 38.1 Å². The zero-order valence-corrected chi connectivity index (χ0v) is 12.6. The molecule has 0 spiro atoms. The number of nitrogens with two attached hydrogens (primary N) is 1. The number of carbonyl (C=O) groups is 1. The summed E-state index contributed by atoms with van der Waals surface area (Å²) in [6, 6.07) is 7.26. The summed E-state index contributed by atoms with van der Waals surface area (Å²) < 4.78 is 5.34. The molecule has 4 heteroatoms. The van der Waals surface area contributed by atoms with Gasteiger partial charge in [0.1, 0.15) is 0 Å². The van der Waals surface area contributed by atoms with Gasteiger partial charge in [0.25, 0.3) is 0 Å². The van der Waals surface area contributed by atoms with Gasteiger partial charge in [0.15, 0.2) is 5.78 Å². The van der Waals surface area contributed by atoms with Gasteiger partial charge in [-0.3, -0.25) is 4.79 Å². The van der Waals surface area contributed by atoms with Crippen molar-refractivity contribution in [2.45, 2.75) is 26.8 Å². The van der Waals surface area contributed by atoms with Crippen molar-refractivity contribution in [3.63, 3.8) is 0 Å². The van der Waals surface area contributed by atoms with Gasteiger partial charge in [0, 0.05) is 24.3 Å². The molecular weight excluding hydrogens is 252 g/mol. The number of anilines is 1. The van der Waals surface area contributed by atoms with Crippen molar-refractivity contribution in [3.8, 4) is 0 Å². The molecule has 0 radical (unpaired) electrons. The number of benzene rings is 1. The van der Waals surface area contributed by atoms with Crippen LogP contribution in [0.1, 0.15) is 31.1 Å². The molecule has 0 aliphatic carbocycles. The summed E-state index contributed by atoms with van der Waals surface area (Å²) in [6.45, 7) is 9.27. The highest BCUT2D eigenvalue weighted by Gasteiger charge is 2.28. The first-order valence-corrected chi connectivity index (χ1v) is 7.12. The van der Waals surface area contributed by atoms with Crippen LogP contribution in [0.15, 0.2) is 24.3 Å². The Morgan fingerprint density at radius 1 is 1.20 bits per heavy atom. The van der Waals surface area contributed by atoms with Gasteiger partial charge in [-0.1, -0.05) is 20.8 Å². The summed E-state index contributed by atoms with van der Waals surface area (Å²) in [6.07, 6.45) is 0. The second-order valence-electron chi connectivity index (χ2n) is 6.35. The van der Waals surface area contributed by atoms with E-state index < -0.39 is 6.04 Å². The van der Waals surface area contributed by atoms with Crippen LogP contribution in [0.3, 0.4) is 0 Å². The molecule has 2 rings (SSSR count). The van der Waals surface area contributed by atoms with E-state index in [2.05, 4.69) is 4.90 Å². The van der Waals surface area contributed by atoms with Crippen LogP contribution in [0.5, 0.6) is 0 Å². The second kappa shape index (κ2) is 5.94. The Balaban J connectivity index is 2.09. The zero-order valence-electron chi connectivity index (χ0n) is 12.6. The first-order valence-electron chi connectivity index (χ1n) is 7.12. The number of nitrogens with zero attached hydrogens (tertiary/aromatic N) is 1. The third kappa shape index (κ3) is 3.38.